The van der Waals surface area contributed by atoms with Crippen LogP contribution in [0.4, 0.5) is 5.69 Å². The zero-order valence-electron chi connectivity index (χ0n) is 18.5. The molecule has 2 aromatic heterocycles. The molecule has 0 atom stereocenters. The fourth-order valence-corrected chi connectivity index (χ4v) is 5.98. The number of sulfonamides is 1. The molecule has 3 heterocycles. The van der Waals surface area contributed by atoms with Gasteiger partial charge in [-0.15, -0.1) is 0 Å². The molecule has 2 fully saturated rings. The predicted octanol–water partition coefficient (Wildman–Crippen LogP) is 3.31. The van der Waals surface area contributed by atoms with Gasteiger partial charge in [0.25, 0.3) is 0 Å². The molecule has 5 rings (SSSR count). The number of furan rings is 1. The predicted molar refractivity (Wildman–Crippen MR) is 127 cm³/mol. The van der Waals surface area contributed by atoms with Crippen LogP contribution in [-0.4, -0.2) is 54.8 Å². The third-order valence-corrected chi connectivity index (χ3v) is 8.37. The molecule has 34 heavy (non-hydrogen) atoms. The SMILES string of the molecule is O=c1c(OC2CCCC2)c(N2CCN(S(=O)(=O)c3ccoc3)CC2)cnn1-c1cccc(Cl)c1. The molecule has 1 aromatic carbocycles. The van der Waals surface area contributed by atoms with Gasteiger partial charge in [-0.2, -0.15) is 14.1 Å². The van der Waals surface area contributed by atoms with E-state index in [9.17, 15) is 13.2 Å². The van der Waals surface area contributed by atoms with E-state index in [1.165, 1.54) is 27.6 Å². The standard InChI is InChI=1S/C23H25ClN4O5S/c24-17-4-3-5-18(14-17)28-23(29)22(33-19-6-1-2-7-19)21(15-25-28)26-9-11-27(12-10-26)34(30,31)20-8-13-32-16-20/h3-5,8,13-16,19H,1-2,6-7,9-12H2. The van der Waals surface area contributed by atoms with Crippen molar-refractivity contribution in [2.24, 2.45) is 0 Å². The molecule has 3 aromatic rings. The van der Waals surface area contributed by atoms with Crippen molar-refractivity contribution in [1.29, 1.82) is 0 Å². The van der Waals surface area contributed by atoms with Gasteiger partial charge in [0.15, 0.2) is 0 Å². The smallest absolute Gasteiger partial charge is 0.316 e. The summed E-state index contributed by atoms with van der Waals surface area (Å²) in [6, 6.07) is 8.37. The molecular weight excluding hydrogens is 480 g/mol. The van der Waals surface area contributed by atoms with Gasteiger partial charge < -0.3 is 14.1 Å². The van der Waals surface area contributed by atoms with Crippen molar-refractivity contribution in [1.82, 2.24) is 14.1 Å². The number of hydrogen-bond acceptors (Lipinski definition) is 7. The molecule has 2 aliphatic rings. The molecule has 0 spiro atoms. The highest BCUT2D eigenvalue weighted by molar-refractivity contribution is 7.89. The van der Waals surface area contributed by atoms with Crippen molar-refractivity contribution in [3.8, 4) is 11.4 Å². The Bertz CT molecular complexity index is 1310. The number of aromatic nitrogens is 2. The van der Waals surface area contributed by atoms with Crippen molar-refractivity contribution < 1.29 is 17.6 Å². The van der Waals surface area contributed by atoms with Crippen LogP contribution in [0.3, 0.4) is 0 Å². The van der Waals surface area contributed by atoms with Crippen LogP contribution in [-0.2, 0) is 10.0 Å². The van der Waals surface area contributed by atoms with Crippen molar-refractivity contribution in [2.45, 2.75) is 36.7 Å². The Labute approximate surface area is 202 Å². The van der Waals surface area contributed by atoms with Gasteiger partial charge in [-0.1, -0.05) is 17.7 Å². The van der Waals surface area contributed by atoms with Crippen molar-refractivity contribution in [3.05, 3.63) is 64.4 Å². The third-order valence-electron chi connectivity index (χ3n) is 6.27. The molecule has 0 radical (unpaired) electrons. The van der Waals surface area contributed by atoms with Gasteiger partial charge in [0.2, 0.25) is 15.8 Å². The van der Waals surface area contributed by atoms with E-state index in [0.29, 0.717) is 29.5 Å². The van der Waals surface area contributed by atoms with Gasteiger partial charge in [0.1, 0.15) is 16.8 Å². The van der Waals surface area contributed by atoms with Gasteiger partial charge in [0.05, 0.1) is 24.3 Å². The Hall–Kier alpha value is -2.82. The minimum atomic E-state index is -3.62. The quantitative estimate of drug-likeness (QED) is 0.508. The fraction of sp³-hybridized carbons (Fsp3) is 0.391. The Kier molecular flexibility index (Phi) is 6.37. The second-order valence-electron chi connectivity index (χ2n) is 8.43. The normalized spacial score (nSPS) is 17.9. The van der Waals surface area contributed by atoms with Gasteiger partial charge in [-0.3, -0.25) is 4.79 Å². The summed E-state index contributed by atoms with van der Waals surface area (Å²) in [6.07, 6.45) is 8.10. The summed E-state index contributed by atoms with van der Waals surface area (Å²) in [4.78, 5) is 15.6. The topological polar surface area (TPSA) is 97.9 Å². The monoisotopic (exact) mass is 504 g/mol. The molecule has 1 saturated heterocycles. The number of benzene rings is 1. The van der Waals surface area contributed by atoms with E-state index in [-0.39, 0.29) is 35.4 Å². The van der Waals surface area contributed by atoms with E-state index in [4.69, 9.17) is 20.8 Å². The first kappa shape index (κ1) is 22.9. The molecule has 11 heteroatoms. The number of piperazine rings is 1. The minimum Gasteiger partial charge on any atom is -0.483 e. The number of rotatable bonds is 6. The summed E-state index contributed by atoms with van der Waals surface area (Å²) in [7, 11) is -3.62. The lowest BCUT2D eigenvalue weighted by atomic mass is 10.2. The second kappa shape index (κ2) is 9.44. The highest BCUT2D eigenvalue weighted by atomic mass is 35.5. The summed E-state index contributed by atoms with van der Waals surface area (Å²) in [6.45, 7) is 1.35. The molecule has 0 unspecified atom stereocenters. The molecule has 1 aliphatic heterocycles. The maximum atomic E-state index is 13.5. The largest absolute Gasteiger partial charge is 0.483 e. The highest BCUT2D eigenvalue weighted by Crippen LogP contribution is 2.31. The van der Waals surface area contributed by atoms with Crippen LogP contribution >= 0.6 is 11.6 Å². The first-order chi connectivity index (χ1) is 16.4. The zero-order chi connectivity index (χ0) is 23.7. The maximum Gasteiger partial charge on any atom is 0.316 e. The van der Waals surface area contributed by atoms with Gasteiger partial charge in [0, 0.05) is 31.2 Å². The van der Waals surface area contributed by atoms with E-state index in [1.54, 1.807) is 30.5 Å². The summed E-state index contributed by atoms with van der Waals surface area (Å²) >= 11 is 6.12. The van der Waals surface area contributed by atoms with E-state index >= 15 is 0 Å². The third kappa shape index (κ3) is 4.45. The van der Waals surface area contributed by atoms with E-state index in [2.05, 4.69) is 5.10 Å². The molecule has 1 aliphatic carbocycles. The van der Waals surface area contributed by atoms with Crippen LogP contribution in [0, 0.1) is 0 Å². The molecule has 1 saturated carbocycles. The molecule has 0 bridgehead atoms. The number of anilines is 1. The van der Waals surface area contributed by atoms with Gasteiger partial charge in [-0.25, -0.2) is 8.42 Å². The first-order valence-electron chi connectivity index (χ1n) is 11.3. The minimum absolute atomic E-state index is 0.0237. The van der Waals surface area contributed by atoms with Crippen LogP contribution in [0.2, 0.25) is 5.02 Å². The van der Waals surface area contributed by atoms with E-state index < -0.39 is 10.0 Å². The fourth-order valence-electron chi connectivity index (χ4n) is 4.45. The summed E-state index contributed by atoms with van der Waals surface area (Å²) in [5.41, 5.74) is 0.770. The Balaban J connectivity index is 1.44. The molecule has 0 amide bonds. The lowest BCUT2D eigenvalue weighted by Crippen LogP contribution is -2.49. The Morgan fingerprint density at radius 3 is 2.53 bits per heavy atom. The zero-order valence-corrected chi connectivity index (χ0v) is 20.0. The molecule has 180 valence electrons. The molecule has 0 N–H and O–H groups in total. The van der Waals surface area contributed by atoms with Crippen LogP contribution < -0.4 is 15.2 Å². The van der Waals surface area contributed by atoms with Crippen LogP contribution in [0.15, 0.2) is 63.2 Å². The van der Waals surface area contributed by atoms with Crippen molar-refractivity contribution in [2.75, 3.05) is 31.1 Å². The van der Waals surface area contributed by atoms with Gasteiger partial charge >= 0.3 is 5.56 Å². The Morgan fingerprint density at radius 1 is 1.09 bits per heavy atom. The van der Waals surface area contributed by atoms with Crippen molar-refractivity contribution in [3.63, 3.8) is 0 Å². The lowest BCUT2D eigenvalue weighted by molar-refractivity contribution is 0.205. The van der Waals surface area contributed by atoms with Crippen LogP contribution in [0.1, 0.15) is 25.7 Å². The van der Waals surface area contributed by atoms with E-state index in [0.717, 1.165) is 25.7 Å². The maximum absolute atomic E-state index is 13.5. The second-order valence-corrected chi connectivity index (χ2v) is 10.8. The summed E-state index contributed by atoms with van der Waals surface area (Å²) in [5, 5.41) is 4.89. The summed E-state index contributed by atoms with van der Waals surface area (Å²) in [5.74, 6) is 0.244. The van der Waals surface area contributed by atoms with Crippen LogP contribution in [0.25, 0.3) is 5.69 Å². The van der Waals surface area contributed by atoms with Gasteiger partial charge in [-0.05, 0) is 49.9 Å². The number of halogens is 1. The van der Waals surface area contributed by atoms with Crippen LogP contribution in [0.5, 0.6) is 5.75 Å². The average Bonchev–Trinajstić information content (AvgIpc) is 3.55. The number of hydrogen-bond donors (Lipinski definition) is 0. The van der Waals surface area contributed by atoms with E-state index in [1.807, 2.05) is 4.90 Å². The first-order valence-corrected chi connectivity index (χ1v) is 13.1. The number of nitrogens with zero attached hydrogens (tertiary/aromatic N) is 4. The molecule has 9 nitrogen and oxygen atoms in total. The van der Waals surface area contributed by atoms with Crippen molar-refractivity contribution >= 4 is 27.3 Å². The lowest BCUT2D eigenvalue weighted by Gasteiger charge is -2.35. The average molecular weight is 505 g/mol. The number of ether oxygens (including phenoxy) is 1. The molecular formula is C23H25ClN4O5S. The highest BCUT2D eigenvalue weighted by Gasteiger charge is 2.31. The Morgan fingerprint density at radius 2 is 1.85 bits per heavy atom. The summed E-state index contributed by atoms with van der Waals surface area (Å²) < 4.78 is 39.5.